The summed E-state index contributed by atoms with van der Waals surface area (Å²) in [5.41, 5.74) is -3.81. The fourth-order valence-electron chi connectivity index (χ4n) is 3.05. The molecule has 3 fully saturated rings. The maximum absolute atomic E-state index is 13.2. The largest absolute Gasteiger partial charge is 0.444 e. The summed E-state index contributed by atoms with van der Waals surface area (Å²) in [4.78, 5) is 12.7. The van der Waals surface area contributed by atoms with E-state index in [1.54, 1.807) is 20.8 Å². The van der Waals surface area contributed by atoms with E-state index in [1.807, 2.05) is 0 Å². The Hall–Kier alpha value is -0.980. The molecule has 0 aromatic heterocycles. The van der Waals surface area contributed by atoms with Crippen molar-refractivity contribution in [3.05, 3.63) is 0 Å². The molecule has 0 radical (unpaired) electrons. The maximum Gasteiger partial charge on any atom is 0.411 e. The standard InChI is InChI=1S/C12H18F3NO3/c1-9(2,3)19-8(18)16-6-10(7-17)4-11(16,5-10)12(13,14)15/h17H,4-7H2,1-3H3. The molecule has 2 bridgehead atoms. The second-order valence-corrected chi connectivity index (χ2v) is 6.61. The molecule has 19 heavy (non-hydrogen) atoms. The van der Waals surface area contributed by atoms with Gasteiger partial charge >= 0.3 is 12.3 Å². The Labute approximate surface area is 109 Å². The number of rotatable bonds is 1. The lowest BCUT2D eigenvalue weighted by Crippen LogP contribution is -2.61. The van der Waals surface area contributed by atoms with E-state index in [2.05, 4.69) is 0 Å². The summed E-state index contributed by atoms with van der Waals surface area (Å²) < 4.78 is 44.6. The van der Waals surface area contributed by atoms with E-state index in [0.717, 1.165) is 4.90 Å². The van der Waals surface area contributed by atoms with E-state index >= 15 is 0 Å². The number of alkyl halides is 3. The molecule has 7 heteroatoms. The molecule has 1 N–H and O–H groups in total. The topological polar surface area (TPSA) is 49.8 Å². The zero-order valence-electron chi connectivity index (χ0n) is 11.2. The first kappa shape index (κ1) is 14.4. The van der Waals surface area contributed by atoms with Crippen LogP contribution in [0.1, 0.15) is 33.6 Å². The molecular weight excluding hydrogens is 263 g/mol. The Morgan fingerprint density at radius 3 is 2.21 bits per heavy atom. The van der Waals surface area contributed by atoms with Gasteiger partial charge < -0.3 is 9.84 Å². The second-order valence-electron chi connectivity index (χ2n) is 6.61. The number of aliphatic hydroxyl groups excluding tert-OH is 1. The average Bonchev–Trinajstić information content (AvgIpc) is 2.63. The summed E-state index contributed by atoms with van der Waals surface area (Å²) in [6.45, 7) is 4.37. The van der Waals surface area contributed by atoms with Crippen LogP contribution in [0.25, 0.3) is 0 Å². The molecule has 1 saturated carbocycles. The van der Waals surface area contributed by atoms with E-state index in [-0.39, 0.29) is 26.0 Å². The van der Waals surface area contributed by atoms with Crippen LogP contribution in [-0.4, -0.2) is 46.6 Å². The van der Waals surface area contributed by atoms with Gasteiger partial charge in [0.25, 0.3) is 0 Å². The highest BCUT2D eigenvalue weighted by Crippen LogP contribution is 2.65. The first-order valence-electron chi connectivity index (χ1n) is 6.13. The molecule has 1 aliphatic carbocycles. The Balaban J connectivity index is 2.23. The molecule has 3 rings (SSSR count). The summed E-state index contributed by atoms with van der Waals surface area (Å²) in [5, 5.41) is 9.23. The SMILES string of the molecule is CC(C)(C)OC(=O)N1CC2(CO)CC1(C(F)(F)F)C2. The van der Waals surface area contributed by atoms with Crippen molar-refractivity contribution >= 4 is 6.09 Å². The van der Waals surface area contributed by atoms with Gasteiger partial charge in [-0.05, 0) is 33.6 Å². The lowest BCUT2D eigenvalue weighted by molar-refractivity contribution is -0.243. The number of amides is 1. The number of carbonyl (C=O) groups is 1. The van der Waals surface area contributed by atoms with E-state index in [0.29, 0.717) is 0 Å². The summed E-state index contributed by atoms with van der Waals surface area (Å²) >= 11 is 0. The number of ether oxygens (including phenoxy) is 1. The molecular formula is C12H18F3NO3. The van der Waals surface area contributed by atoms with Gasteiger partial charge in [-0.3, -0.25) is 4.90 Å². The van der Waals surface area contributed by atoms with Gasteiger partial charge in [0, 0.05) is 12.0 Å². The summed E-state index contributed by atoms with van der Waals surface area (Å²) in [7, 11) is 0. The first-order valence-corrected chi connectivity index (χ1v) is 6.13. The zero-order chi connectivity index (χ0) is 14.7. The van der Waals surface area contributed by atoms with Crippen LogP contribution in [-0.2, 0) is 4.74 Å². The normalized spacial score (nSPS) is 34.2. The van der Waals surface area contributed by atoms with Crippen molar-refractivity contribution in [2.75, 3.05) is 13.2 Å². The number of nitrogens with zero attached hydrogens (tertiary/aromatic N) is 1. The van der Waals surface area contributed by atoms with Crippen LogP contribution < -0.4 is 0 Å². The number of aliphatic hydroxyl groups is 1. The van der Waals surface area contributed by atoms with Crippen LogP contribution in [0.3, 0.4) is 0 Å². The third kappa shape index (κ3) is 2.07. The van der Waals surface area contributed by atoms with E-state index in [4.69, 9.17) is 4.74 Å². The monoisotopic (exact) mass is 281 g/mol. The predicted molar refractivity (Wildman–Crippen MR) is 60.5 cm³/mol. The summed E-state index contributed by atoms with van der Waals surface area (Å²) in [6.07, 6.45) is -5.94. The molecule has 3 aliphatic rings. The molecule has 2 saturated heterocycles. The van der Waals surface area contributed by atoms with Crippen molar-refractivity contribution in [3.63, 3.8) is 0 Å². The van der Waals surface area contributed by atoms with Gasteiger partial charge in [-0.15, -0.1) is 0 Å². The molecule has 110 valence electrons. The zero-order valence-corrected chi connectivity index (χ0v) is 11.2. The van der Waals surface area contributed by atoms with Crippen molar-refractivity contribution in [1.29, 1.82) is 0 Å². The van der Waals surface area contributed by atoms with Crippen LogP contribution in [0, 0.1) is 5.41 Å². The lowest BCUT2D eigenvalue weighted by atomic mass is 9.62. The lowest BCUT2D eigenvalue weighted by Gasteiger charge is -2.47. The third-order valence-electron chi connectivity index (χ3n) is 3.82. The number of halogens is 3. The molecule has 0 aromatic rings. The summed E-state index contributed by atoms with van der Waals surface area (Å²) in [6, 6.07) is 0. The minimum absolute atomic E-state index is 0.0993. The Kier molecular flexibility index (Phi) is 2.87. The Morgan fingerprint density at radius 2 is 1.84 bits per heavy atom. The minimum atomic E-state index is -4.50. The molecule has 4 nitrogen and oxygen atoms in total. The van der Waals surface area contributed by atoms with Gasteiger partial charge in [0.05, 0.1) is 6.61 Å². The van der Waals surface area contributed by atoms with Crippen molar-refractivity contribution < 1.29 is 27.8 Å². The molecule has 2 aliphatic heterocycles. The van der Waals surface area contributed by atoms with Crippen molar-refractivity contribution in [2.45, 2.75) is 50.9 Å². The predicted octanol–water partition coefficient (Wildman–Crippen LogP) is 2.31. The molecule has 0 atom stereocenters. The number of carbonyl (C=O) groups excluding carboxylic acids is 1. The molecule has 1 amide bonds. The van der Waals surface area contributed by atoms with Crippen LogP contribution in [0.15, 0.2) is 0 Å². The van der Waals surface area contributed by atoms with Crippen LogP contribution in [0.5, 0.6) is 0 Å². The Bertz CT molecular complexity index is 394. The highest BCUT2D eigenvalue weighted by molar-refractivity contribution is 5.71. The average molecular weight is 281 g/mol. The van der Waals surface area contributed by atoms with Gasteiger partial charge in [-0.2, -0.15) is 13.2 Å². The van der Waals surface area contributed by atoms with Gasteiger partial charge in [0.1, 0.15) is 11.1 Å². The van der Waals surface area contributed by atoms with Crippen LogP contribution in [0.4, 0.5) is 18.0 Å². The van der Waals surface area contributed by atoms with Crippen LogP contribution in [0.2, 0.25) is 0 Å². The van der Waals surface area contributed by atoms with Crippen molar-refractivity contribution in [2.24, 2.45) is 5.41 Å². The van der Waals surface area contributed by atoms with Gasteiger partial charge in [0.15, 0.2) is 0 Å². The maximum atomic E-state index is 13.2. The second kappa shape index (κ2) is 3.77. The highest BCUT2D eigenvalue weighted by Gasteiger charge is 2.77. The number of hydrogen-bond acceptors (Lipinski definition) is 3. The molecule has 0 unspecified atom stereocenters. The van der Waals surface area contributed by atoms with Crippen molar-refractivity contribution in [1.82, 2.24) is 4.90 Å². The minimum Gasteiger partial charge on any atom is -0.444 e. The Morgan fingerprint density at radius 1 is 1.32 bits per heavy atom. The van der Waals surface area contributed by atoms with E-state index in [1.165, 1.54) is 0 Å². The van der Waals surface area contributed by atoms with Gasteiger partial charge in [-0.25, -0.2) is 4.79 Å². The first-order chi connectivity index (χ1) is 8.45. The molecule has 0 spiro atoms. The molecule has 2 heterocycles. The fourth-order valence-corrected chi connectivity index (χ4v) is 3.05. The number of hydrogen-bond donors (Lipinski definition) is 1. The third-order valence-corrected chi connectivity index (χ3v) is 3.82. The van der Waals surface area contributed by atoms with Crippen LogP contribution >= 0.6 is 0 Å². The van der Waals surface area contributed by atoms with Crippen molar-refractivity contribution in [3.8, 4) is 0 Å². The van der Waals surface area contributed by atoms with E-state index in [9.17, 15) is 23.1 Å². The fraction of sp³-hybridized carbons (Fsp3) is 0.917. The number of fused-ring (bicyclic) bond motifs is 1. The quantitative estimate of drug-likeness (QED) is 0.802. The summed E-state index contributed by atoms with van der Waals surface area (Å²) in [5.74, 6) is 0. The molecule has 0 aromatic carbocycles. The highest BCUT2D eigenvalue weighted by atomic mass is 19.4. The van der Waals surface area contributed by atoms with Gasteiger partial charge in [0.2, 0.25) is 0 Å². The smallest absolute Gasteiger partial charge is 0.411 e. The van der Waals surface area contributed by atoms with Gasteiger partial charge in [-0.1, -0.05) is 0 Å². The van der Waals surface area contributed by atoms with E-state index < -0.39 is 28.8 Å².